The fraction of sp³-hybridized carbons (Fsp3) is 0.688. The van der Waals surface area contributed by atoms with Gasteiger partial charge in [0, 0.05) is 12.7 Å². The molecule has 1 heterocycles. The minimum Gasteiger partial charge on any atom is -0.462 e. The predicted octanol–water partition coefficient (Wildman–Crippen LogP) is 3.34. The molecule has 0 unspecified atom stereocenters. The zero-order chi connectivity index (χ0) is 15.3. The minimum atomic E-state index is -0.359. The maximum absolute atomic E-state index is 11.7. The zero-order valence-corrected chi connectivity index (χ0v) is 13.2. The summed E-state index contributed by atoms with van der Waals surface area (Å²) < 4.78 is 4.98. The van der Waals surface area contributed by atoms with Crippen LogP contribution in [0.4, 0.5) is 5.95 Å². The van der Waals surface area contributed by atoms with E-state index >= 15 is 0 Å². The molecule has 1 fully saturated rings. The maximum Gasteiger partial charge on any atom is 0.341 e. The van der Waals surface area contributed by atoms with Gasteiger partial charge in [-0.25, -0.2) is 14.8 Å². The van der Waals surface area contributed by atoms with Gasteiger partial charge in [0.05, 0.1) is 17.9 Å². The highest BCUT2D eigenvalue weighted by Crippen LogP contribution is 2.40. The van der Waals surface area contributed by atoms with E-state index in [4.69, 9.17) is 4.74 Å². The Kier molecular flexibility index (Phi) is 5.15. The third-order valence-corrected chi connectivity index (χ3v) is 4.51. The van der Waals surface area contributed by atoms with Crippen molar-refractivity contribution >= 4 is 11.9 Å². The molecule has 5 heteroatoms. The average Bonchev–Trinajstić information content (AvgIpc) is 2.95. The summed E-state index contributed by atoms with van der Waals surface area (Å²) in [6.07, 6.45) is 7.91. The first-order chi connectivity index (χ1) is 10.1. The number of aromatic nitrogens is 2. The normalized spacial score (nSPS) is 16.7. The van der Waals surface area contributed by atoms with E-state index < -0.39 is 0 Å². The molecule has 0 bridgehead atoms. The Bertz CT molecular complexity index is 496. The van der Waals surface area contributed by atoms with Crippen LogP contribution >= 0.6 is 0 Å². The van der Waals surface area contributed by atoms with Crippen molar-refractivity contribution in [2.45, 2.75) is 52.9 Å². The summed E-state index contributed by atoms with van der Waals surface area (Å²) in [4.78, 5) is 20.3. The summed E-state index contributed by atoms with van der Waals surface area (Å²) >= 11 is 0. The molecular weight excluding hydrogens is 266 g/mol. The molecule has 0 amide bonds. The monoisotopic (exact) mass is 291 g/mol. The number of nitrogens with zero attached hydrogens (tertiary/aromatic N) is 2. The van der Waals surface area contributed by atoms with E-state index in [-0.39, 0.29) is 5.97 Å². The number of rotatable bonds is 6. The SMILES string of the molecule is CCOC(=O)c1cnc(NCC2(CC)CCCC2)nc1C. The van der Waals surface area contributed by atoms with E-state index in [2.05, 4.69) is 22.2 Å². The van der Waals surface area contributed by atoms with Crippen LogP contribution < -0.4 is 5.32 Å². The van der Waals surface area contributed by atoms with Gasteiger partial charge in [0.2, 0.25) is 5.95 Å². The summed E-state index contributed by atoms with van der Waals surface area (Å²) in [5.74, 6) is 0.239. The van der Waals surface area contributed by atoms with Gasteiger partial charge >= 0.3 is 5.97 Å². The highest BCUT2D eigenvalue weighted by Gasteiger charge is 2.31. The molecule has 1 aliphatic rings. The van der Waals surface area contributed by atoms with Crippen molar-refractivity contribution in [2.75, 3.05) is 18.5 Å². The van der Waals surface area contributed by atoms with E-state index in [0.717, 1.165) is 6.54 Å². The highest BCUT2D eigenvalue weighted by atomic mass is 16.5. The molecule has 0 aromatic carbocycles. The second-order valence-corrected chi connectivity index (χ2v) is 5.83. The molecule has 1 saturated carbocycles. The van der Waals surface area contributed by atoms with Gasteiger partial charge in [-0.05, 0) is 38.5 Å². The van der Waals surface area contributed by atoms with Crippen molar-refractivity contribution in [2.24, 2.45) is 5.41 Å². The van der Waals surface area contributed by atoms with E-state index in [9.17, 15) is 4.79 Å². The summed E-state index contributed by atoms with van der Waals surface area (Å²) in [5.41, 5.74) is 1.48. The molecule has 0 spiro atoms. The van der Waals surface area contributed by atoms with Crippen LogP contribution in [-0.4, -0.2) is 29.1 Å². The number of carbonyl (C=O) groups is 1. The number of hydrogen-bond donors (Lipinski definition) is 1. The number of anilines is 1. The molecule has 1 N–H and O–H groups in total. The average molecular weight is 291 g/mol. The standard InChI is InChI=1S/C16H25N3O2/c1-4-16(8-6-7-9-16)11-18-15-17-10-13(12(3)19-15)14(20)21-5-2/h10H,4-9,11H2,1-3H3,(H,17,18,19). The lowest BCUT2D eigenvalue weighted by molar-refractivity contribution is 0.0524. The van der Waals surface area contributed by atoms with Crippen LogP contribution in [0.5, 0.6) is 0 Å². The van der Waals surface area contributed by atoms with Gasteiger partial charge in [0.25, 0.3) is 0 Å². The topological polar surface area (TPSA) is 64.1 Å². The fourth-order valence-electron chi connectivity index (χ4n) is 3.01. The summed E-state index contributed by atoms with van der Waals surface area (Å²) in [7, 11) is 0. The molecule has 5 nitrogen and oxygen atoms in total. The molecule has 21 heavy (non-hydrogen) atoms. The van der Waals surface area contributed by atoms with E-state index in [1.807, 2.05) is 6.92 Å². The van der Waals surface area contributed by atoms with Gasteiger partial charge in [0.1, 0.15) is 0 Å². The Hall–Kier alpha value is -1.65. The number of aryl methyl sites for hydroxylation is 1. The highest BCUT2D eigenvalue weighted by molar-refractivity contribution is 5.90. The largest absolute Gasteiger partial charge is 0.462 e. The number of nitrogens with one attached hydrogen (secondary N) is 1. The van der Waals surface area contributed by atoms with Crippen molar-refractivity contribution in [3.05, 3.63) is 17.5 Å². The third-order valence-electron chi connectivity index (χ3n) is 4.51. The Labute approximate surface area is 126 Å². The Morgan fingerprint density at radius 2 is 2.10 bits per heavy atom. The molecule has 0 radical (unpaired) electrons. The smallest absolute Gasteiger partial charge is 0.341 e. The van der Waals surface area contributed by atoms with Crippen molar-refractivity contribution in [3.63, 3.8) is 0 Å². The molecule has 2 rings (SSSR count). The molecule has 0 atom stereocenters. The quantitative estimate of drug-likeness (QED) is 0.814. The predicted molar refractivity (Wildman–Crippen MR) is 82.4 cm³/mol. The zero-order valence-electron chi connectivity index (χ0n) is 13.2. The Morgan fingerprint density at radius 3 is 2.67 bits per heavy atom. The van der Waals surface area contributed by atoms with Gasteiger partial charge in [-0.1, -0.05) is 19.8 Å². The minimum absolute atomic E-state index is 0.358. The summed E-state index contributed by atoms with van der Waals surface area (Å²) in [6.45, 7) is 7.11. The van der Waals surface area contributed by atoms with Gasteiger partial charge in [-0.2, -0.15) is 0 Å². The van der Waals surface area contributed by atoms with Gasteiger partial charge < -0.3 is 10.1 Å². The summed E-state index contributed by atoms with van der Waals surface area (Å²) in [5, 5.41) is 3.34. The van der Waals surface area contributed by atoms with Crippen LogP contribution in [-0.2, 0) is 4.74 Å². The van der Waals surface area contributed by atoms with E-state index in [1.54, 1.807) is 13.1 Å². The number of ether oxygens (including phenoxy) is 1. The van der Waals surface area contributed by atoms with Crippen LogP contribution in [0.2, 0.25) is 0 Å². The van der Waals surface area contributed by atoms with Crippen LogP contribution in [0.3, 0.4) is 0 Å². The van der Waals surface area contributed by atoms with Crippen molar-refractivity contribution < 1.29 is 9.53 Å². The first kappa shape index (κ1) is 15.7. The Balaban J connectivity index is 2.01. The van der Waals surface area contributed by atoms with Crippen molar-refractivity contribution in [3.8, 4) is 0 Å². The first-order valence-electron chi connectivity index (χ1n) is 7.85. The second kappa shape index (κ2) is 6.87. The fourth-order valence-corrected chi connectivity index (χ4v) is 3.01. The summed E-state index contributed by atoms with van der Waals surface area (Å²) in [6, 6.07) is 0. The number of hydrogen-bond acceptors (Lipinski definition) is 5. The molecule has 0 saturated heterocycles. The van der Waals surface area contributed by atoms with Crippen LogP contribution in [0.15, 0.2) is 6.20 Å². The van der Waals surface area contributed by atoms with Gasteiger partial charge in [-0.3, -0.25) is 0 Å². The number of carbonyl (C=O) groups excluding carboxylic acids is 1. The van der Waals surface area contributed by atoms with Gasteiger partial charge in [-0.15, -0.1) is 0 Å². The molecule has 0 aliphatic heterocycles. The lowest BCUT2D eigenvalue weighted by atomic mass is 9.83. The van der Waals surface area contributed by atoms with Crippen LogP contribution in [0, 0.1) is 12.3 Å². The van der Waals surface area contributed by atoms with Crippen molar-refractivity contribution in [1.29, 1.82) is 0 Å². The molecule has 1 aromatic heterocycles. The van der Waals surface area contributed by atoms with Crippen LogP contribution in [0.25, 0.3) is 0 Å². The third kappa shape index (κ3) is 3.71. The number of esters is 1. The van der Waals surface area contributed by atoms with Gasteiger partial charge in [0.15, 0.2) is 0 Å². The van der Waals surface area contributed by atoms with Crippen LogP contribution in [0.1, 0.15) is 62.0 Å². The molecular formula is C16H25N3O2. The Morgan fingerprint density at radius 1 is 1.38 bits per heavy atom. The molecule has 1 aromatic rings. The first-order valence-corrected chi connectivity index (χ1v) is 7.85. The molecule has 1 aliphatic carbocycles. The lowest BCUT2D eigenvalue weighted by Gasteiger charge is -2.27. The second-order valence-electron chi connectivity index (χ2n) is 5.83. The van der Waals surface area contributed by atoms with E-state index in [0.29, 0.717) is 29.2 Å². The lowest BCUT2D eigenvalue weighted by Crippen LogP contribution is -2.26. The maximum atomic E-state index is 11.7. The van der Waals surface area contributed by atoms with Crippen molar-refractivity contribution in [1.82, 2.24) is 9.97 Å². The van der Waals surface area contributed by atoms with E-state index in [1.165, 1.54) is 32.1 Å². The molecule has 116 valence electrons.